The van der Waals surface area contributed by atoms with Crippen LogP contribution in [-0.2, 0) is 33.4 Å². The van der Waals surface area contributed by atoms with Crippen LogP contribution in [0.3, 0.4) is 0 Å². The van der Waals surface area contributed by atoms with Gasteiger partial charge < -0.3 is 29.3 Å². The molecule has 0 rings (SSSR count). The second-order valence-electron chi connectivity index (χ2n) is 12.3. The summed E-state index contributed by atoms with van der Waals surface area (Å²) in [7, 11) is 3.92. The Labute approximate surface area is 280 Å². The van der Waals surface area contributed by atoms with Crippen LogP contribution in [0.1, 0.15) is 129 Å². The summed E-state index contributed by atoms with van der Waals surface area (Å²) in [4.78, 5) is 53.0. The van der Waals surface area contributed by atoms with Crippen LogP contribution in [0.5, 0.6) is 0 Å². The minimum absolute atomic E-state index is 0.0398. The van der Waals surface area contributed by atoms with Crippen LogP contribution in [-0.4, -0.2) is 100 Å². The molecule has 0 aromatic heterocycles. The van der Waals surface area contributed by atoms with Crippen molar-refractivity contribution in [3.8, 4) is 0 Å². The molecule has 2 amide bonds. The molecule has 0 bridgehead atoms. The molecule has 0 spiro atoms. The van der Waals surface area contributed by atoms with Crippen molar-refractivity contribution in [3.05, 3.63) is 12.2 Å². The van der Waals surface area contributed by atoms with E-state index < -0.39 is 11.8 Å². The van der Waals surface area contributed by atoms with Gasteiger partial charge in [-0.05, 0) is 26.9 Å². The van der Waals surface area contributed by atoms with E-state index in [-0.39, 0.29) is 38.2 Å². The number of amides is 2. The van der Waals surface area contributed by atoms with Gasteiger partial charge in [-0.15, -0.1) is 0 Å². The first-order valence-corrected chi connectivity index (χ1v) is 18.1. The lowest BCUT2D eigenvalue weighted by molar-refractivity contribution is -0.146. The van der Waals surface area contributed by atoms with Crippen LogP contribution < -0.4 is 5.32 Å². The number of nitrogens with one attached hydrogen (secondary N) is 1. The average Bonchev–Trinajstić information content (AvgIpc) is 3.03. The van der Waals surface area contributed by atoms with Gasteiger partial charge in [-0.25, -0.2) is 0 Å². The van der Waals surface area contributed by atoms with E-state index in [4.69, 9.17) is 14.2 Å². The first-order chi connectivity index (χ1) is 22.3. The van der Waals surface area contributed by atoms with Crippen LogP contribution in [0.25, 0.3) is 0 Å². The molecule has 1 N–H and O–H groups in total. The van der Waals surface area contributed by atoms with E-state index in [1.54, 1.807) is 0 Å². The van der Waals surface area contributed by atoms with Crippen molar-refractivity contribution in [3.63, 3.8) is 0 Å². The number of rotatable bonds is 32. The molecule has 0 radical (unpaired) electrons. The number of unbranched alkanes of at least 4 members (excludes halogenated alkanes) is 14. The van der Waals surface area contributed by atoms with Gasteiger partial charge in [-0.2, -0.15) is 0 Å². The molecule has 0 atom stereocenters. The van der Waals surface area contributed by atoms with Crippen molar-refractivity contribution in [2.24, 2.45) is 0 Å². The third kappa shape index (κ3) is 30.2. The minimum Gasteiger partial charge on any atom is -0.464 e. The maximum atomic E-state index is 12.9. The molecular weight excluding hydrogens is 586 g/mol. The number of ether oxygens (including phenoxy) is 3. The monoisotopic (exact) mass is 653 g/mol. The molecule has 0 unspecified atom stereocenters. The Bertz CT molecular complexity index is 766. The standard InChI is InChI=1S/C36H67N3O7/c1-5-7-9-11-13-15-17-19-21-35(42)45-31-27-39(28-32-46-36(43)22-20-18-16-14-12-10-8-6-2)34(41)24-23-33(40)37-25-29-44-30-26-38(3)4/h23-24H,5-22,25-32H2,1-4H3,(H,37,40). The summed E-state index contributed by atoms with van der Waals surface area (Å²) in [5.74, 6) is -1.38. The highest BCUT2D eigenvalue weighted by Gasteiger charge is 2.14. The fourth-order valence-electron chi connectivity index (χ4n) is 4.73. The molecule has 0 aliphatic rings. The second-order valence-corrected chi connectivity index (χ2v) is 12.3. The first kappa shape index (κ1) is 43.5. The maximum absolute atomic E-state index is 12.9. The molecule has 0 aliphatic heterocycles. The molecular formula is C36H67N3O7. The second kappa shape index (κ2) is 32.5. The van der Waals surface area contributed by atoms with E-state index in [0.717, 1.165) is 45.1 Å². The lowest BCUT2D eigenvalue weighted by Crippen LogP contribution is -2.36. The largest absolute Gasteiger partial charge is 0.464 e. The molecule has 0 aliphatic carbocycles. The molecule has 46 heavy (non-hydrogen) atoms. The SMILES string of the molecule is CCCCCCCCCCC(=O)OCCN(CCOC(=O)CCCCCCCCCC)C(=O)C=CC(=O)NCCOCCN(C)C. The van der Waals surface area contributed by atoms with Gasteiger partial charge in [0, 0.05) is 38.1 Å². The van der Waals surface area contributed by atoms with E-state index >= 15 is 0 Å². The molecule has 0 saturated heterocycles. The molecule has 0 heterocycles. The van der Waals surface area contributed by atoms with Gasteiger partial charge in [-0.3, -0.25) is 19.2 Å². The smallest absolute Gasteiger partial charge is 0.305 e. The van der Waals surface area contributed by atoms with Crippen LogP contribution in [0.4, 0.5) is 0 Å². The van der Waals surface area contributed by atoms with E-state index in [2.05, 4.69) is 19.2 Å². The zero-order valence-electron chi connectivity index (χ0n) is 29.8. The number of hydrogen-bond acceptors (Lipinski definition) is 8. The lowest BCUT2D eigenvalue weighted by atomic mass is 10.1. The van der Waals surface area contributed by atoms with E-state index in [1.165, 1.54) is 81.3 Å². The van der Waals surface area contributed by atoms with Gasteiger partial charge in [0.05, 0.1) is 26.3 Å². The Balaban J connectivity index is 4.56. The zero-order valence-corrected chi connectivity index (χ0v) is 29.8. The van der Waals surface area contributed by atoms with Gasteiger partial charge in [0.1, 0.15) is 13.2 Å². The quantitative estimate of drug-likeness (QED) is 0.0518. The zero-order chi connectivity index (χ0) is 34.1. The summed E-state index contributed by atoms with van der Waals surface area (Å²) >= 11 is 0. The molecule has 0 aromatic carbocycles. The predicted octanol–water partition coefficient (Wildman–Crippen LogP) is 6.21. The normalized spacial score (nSPS) is 11.2. The average molecular weight is 654 g/mol. The predicted molar refractivity (Wildman–Crippen MR) is 184 cm³/mol. The van der Waals surface area contributed by atoms with Gasteiger partial charge in [-0.1, -0.05) is 104 Å². The van der Waals surface area contributed by atoms with Crippen LogP contribution >= 0.6 is 0 Å². The number of esters is 2. The van der Waals surface area contributed by atoms with E-state index in [9.17, 15) is 19.2 Å². The summed E-state index contributed by atoms with van der Waals surface area (Å²) in [6, 6.07) is 0. The summed E-state index contributed by atoms with van der Waals surface area (Å²) < 4.78 is 16.2. The van der Waals surface area contributed by atoms with Gasteiger partial charge >= 0.3 is 11.9 Å². The number of nitrogens with zero attached hydrogens (tertiary/aromatic N) is 2. The van der Waals surface area contributed by atoms with Gasteiger partial charge in [0.25, 0.3) is 0 Å². The summed E-state index contributed by atoms with van der Waals surface area (Å²) in [5.41, 5.74) is 0. The first-order valence-electron chi connectivity index (χ1n) is 18.1. The van der Waals surface area contributed by atoms with Crippen LogP contribution in [0.2, 0.25) is 0 Å². The summed E-state index contributed by atoms with van der Waals surface area (Å²) in [6.45, 7) is 6.85. The Morgan fingerprint density at radius 3 is 1.48 bits per heavy atom. The van der Waals surface area contributed by atoms with Crippen molar-refractivity contribution in [1.82, 2.24) is 15.1 Å². The molecule has 0 fully saturated rings. The third-order valence-corrected chi connectivity index (χ3v) is 7.63. The highest BCUT2D eigenvalue weighted by Crippen LogP contribution is 2.11. The highest BCUT2D eigenvalue weighted by atomic mass is 16.5. The highest BCUT2D eigenvalue weighted by molar-refractivity contribution is 5.96. The van der Waals surface area contributed by atoms with Crippen LogP contribution in [0, 0.1) is 0 Å². The Morgan fingerprint density at radius 2 is 1.02 bits per heavy atom. The fraction of sp³-hybridized carbons (Fsp3) is 0.833. The van der Waals surface area contributed by atoms with Crippen molar-refractivity contribution in [2.75, 3.05) is 66.7 Å². The Kier molecular flexibility index (Phi) is 30.7. The van der Waals surface area contributed by atoms with Crippen LogP contribution in [0.15, 0.2) is 12.2 Å². The number of hydrogen-bond donors (Lipinski definition) is 1. The maximum Gasteiger partial charge on any atom is 0.305 e. The Morgan fingerprint density at radius 1 is 0.565 bits per heavy atom. The van der Waals surface area contributed by atoms with E-state index in [1.807, 2.05) is 19.0 Å². The molecule has 10 heteroatoms. The topological polar surface area (TPSA) is 114 Å². The minimum atomic E-state index is -0.421. The number of likely N-dealkylation sites (N-methyl/N-ethyl adjacent to an activating group) is 1. The molecule has 0 aromatic rings. The molecule has 0 saturated carbocycles. The summed E-state index contributed by atoms with van der Waals surface area (Å²) in [5, 5.41) is 2.69. The number of carbonyl (C=O) groups excluding carboxylic acids is 4. The van der Waals surface area contributed by atoms with Crippen molar-refractivity contribution in [1.29, 1.82) is 0 Å². The lowest BCUT2D eigenvalue weighted by Gasteiger charge is -2.21. The van der Waals surface area contributed by atoms with Crippen molar-refractivity contribution >= 4 is 23.8 Å². The van der Waals surface area contributed by atoms with Crippen molar-refractivity contribution in [2.45, 2.75) is 129 Å². The molecule has 10 nitrogen and oxygen atoms in total. The molecule has 268 valence electrons. The fourth-order valence-corrected chi connectivity index (χ4v) is 4.73. The Hall–Kier alpha value is -2.46. The third-order valence-electron chi connectivity index (χ3n) is 7.63. The van der Waals surface area contributed by atoms with Gasteiger partial charge in [0.2, 0.25) is 11.8 Å². The van der Waals surface area contributed by atoms with Crippen molar-refractivity contribution < 1.29 is 33.4 Å². The van der Waals surface area contributed by atoms with E-state index in [0.29, 0.717) is 32.6 Å². The summed E-state index contributed by atoms with van der Waals surface area (Å²) in [6.07, 6.45) is 21.4. The number of carbonyl (C=O) groups is 4. The van der Waals surface area contributed by atoms with Gasteiger partial charge in [0.15, 0.2) is 0 Å².